The van der Waals surface area contributed by atoms with Crippen LogP contribution in [0, 0.1) is 0 Å². The van der Waals surface area contributed by atoms with Gasteiger partial charge in [0, 0.05) is 31.8 Å². The zero-order valence-corrected chi connectivity index (χ0v) is 17.9. The zero-order chi connectivity index (χ0) is 22.1. The fraction of sp³-hybridized carbons (Fsp3) is 0.364. The summed E-state index contributed by atoms with van der Waals surface area (Å²) in [7, 11) is 6.19. The fourth-order valence-corrected chi connectivity index (χ4v) is 2.81. The minimum Gasteiger partial charge on any atom is -0.497 e. The molecule has 30 heavy (non-hydrogen) atoms. The summed E-state index contributed by atoms with van der Waals surface area (Å²) >= 11 is 0. The van der Waals surface area contributed by atoms with Crippen molar-refractivity contribution in [1.29, 1.82) is 0 Å². The zero-order valence-electron chi connectivity index (χ0n) is 17.9. The van der Waals surface area contributed by atoms with Crippen molar-refractivity contribution in [3.63, 3.8) is 0 Å². The summed E-state index contributed by atoms with van der Waals surface area (Å²) in [6, 6.07) is 11.7. The van der Waals surface area contributed by atoms with E-state index in [-0.39, 0.29) is 25.0 Å². The van der Waals surface area contributed by atoms with Crippen molar-refractivity contribution in [3.8, 4) is 23.0 Å². The lowest BCUT2D eigenvalue weighted by Crippen LogP contribution is -2.48. The van der Waals surface area contributed by atoms with Crippen molar-refractivity contribution in [3.05, 3.63) is 48.0 Å². The van der Waals surface area contributed by atoms with E-state index < -0.39 is 6.04 Å². The van der Waals surface area contributed by atoms with Gasteiger partial charge in [-0.15, -0.1) is 0 Å². The molecule has 0 saturated heterocycles. The molecule has 0 fully saturated rings. The third kappa shape index (κ3) is 6.04. The molecule has 0 aliphatic rings. The van der Waals surface area contributed by atoms with Crippen LogP contribution in [0.1, 0.15) is 12.5 Å². The predicted octanol–water partition coefficient (Wildman–Crippen LogP) is 2.25. The Morgan fingerprint density at radius 3 is 1.93 bits per heavy atom. The maximum atomic E-state index is 12.9. The molecule has 8 heteroatoms. The Bertz CT molecular complexity index is 831. The fourth-order valence-electron chi connectivity index (χ4n) is 2.81. The normalized spacial score (nSPS) is 11.2. The van der Waals surface area contributed by atoms with Crippen LogP contribution in [0.5, 0.6) is 23.0 Å². The van der Waals surface area contributed by atoms with Crippen LogP contribution in [0.2, 0.25) is 0 Å². The quantitative estimate of drug-likeness (QED) is 0.639. The molecule has 8 nitrogen and oxygen atoms in total. The molecule has 0 aliphatic heterocycles. The van der Waals surface area contributed by atoms with E-state index in [1.807, 2.05) is 24.3 Å². The smallest absolute Gasteiger partial charge is 0.261 e. The lowest BCUT2D eigenvalue weighted by Gasteiger charge is -2.28. The second kappa shape index (κ2) is 10.9. The molecule has 2 aromatic rings. The summed E-state index contributed by atoms with van der Waals surface area (Å²) in [6.45, 7) is 1.69. The van der Waals surface area contributed by atoms with Crippen LogP contribution in [0.3, 0.4) is 0 Å². The van der Waals surface area contributed by atoms with E-state index in [0.29, 0.717) is 23.0 Å². The van der Waals surface area contributed by atoms with E-state index in [9.17, 15) is 9.59 Å². The average molecular weight is 416 g/mol. The molecule has 2 aromatic carbocycles. The largest absolute Gasteiger partial charge is 0.497 e. The number of rotatable bonds is 10. The molecule has 2 amide bonds. The number of hydrogen-bond acceptors (Lipinski definition) is 6. The SMILES string of the molecule is CNC(=O)[C@H](C)N(Cc1ccc(OC)cc1)C(=O)COc1cc(OC)cc(OC)c1. The van der Waals surface area contributed by atoms with Gasteiger partial charge in [0.15, 0.2) is 6.61 Å². The predicted molar refractivity (Wildman–Crippen MR) is 112 cm³/mol. The maximum Gasteiger partial charge on any atom is 0.261 e. The number of nitrogens with zero attached hydrogens (tertiary/aromatic N) is 1. The number of amides is 2. The van der Waals surface area contributed by atoms with Gasteiger partial charge in [-0.25, -0.2) is 0 Å². The summed E-state index contributed by atoms with van der Waals surface area (Å²) < 4.78 is 21.3. The van der Waals surface area contributed by atoms with Crippen molar-refractivity contribution in [1.82, 2.24) is 10.2 Å². The first-order valence-corrected chi connectivity index (χ1v) is 9.41. The van der Waals surface area contributed by atoms with Crippen LogP contribution in [0.4, 0.5) is 0 Å². The van der Waals surface area contributed by atoms with Crippen molar-refractivity contribution < 1.29 is 28.5 Å². The standard InChI is InChI=1S/C22H28N2O6/c1-15(22(26)23-2)24(13-16-6-8-17(27-3)9-7-16)21(25)14-30-20-11-18(28-4)10-19(12-20)29-5/h6-12,15H,13-14H2,1-5H3,(H,23,26)/t15-/m0/s1. The number of nitrogens with one attached hydrogen (secondary N) is 1. The van der Waals surface area contributed by atoms with E-state index in [2.05, 4.69) is 5.32 Å². The van der Waals surface area contributed by atoms with Crippen molar-refractivity contribution in [2.24, 2.45) is 0 Å². The molecule has 0 aromatic heterocycles. The Labute approximate surface area is 176 Å². The maximum absolute atomic E-state index is 12.9. The highest BCUT2D eigenvalue weighted by Crippen LogP contribution is 2.27. The van der Waals surface area contributed by atoms with Gasteiger partial charge in [0.1, 0.15) is 29.0 Å². The first kappa shape index (κ1) is 22.9. The van der Waals surface area contributed by atoms with Gasteiger partial charge < -0.3 is 29.2 Å². The van der Waals surface area contributed by atoms with Gasteiger partial charge in [0.2, 0.25) is 5.91 Å². The Hall–Kier alpha value is -3.42. The molecule has 0 spiro atoms. The number of carbonyl (C=O) groups excluding carboxylic acids is 2. The molecular formula is C22H28N2O6. The van der Waals surface area contributed by atoms with E-state index in [0.717, 1.165) is 5.56 Å². The first-order chi connectivity index (χ1) is 14.4. The molecule has 162 valence electrons. The van der Waals surface area contributed by atoms with Crippen molar-refractivity contribution >= 4 is 11.8 Å². The molecule has 0 radical (unpaired) electrons. The summed E-state index contributed by atoms with van der Waals surface area (Å²) in [4.78, 5) is 26.6. The Balaban J connectivity index is 2.16. The number of benzene rings is 2. The number of methoxy groups -OCH3 is 3. The average Bonchev–Trinajstić information content (AvgIpc) is 2.79. The minimum absolute atomic E-state index is 0.242. The number of hydrogen-bond donors (Lipinski definition) is 1. The van der Waals surface area contributed by atoms with Gasteiger partial charge in [-0.1, -0.05) is 12.1 Å². The highest BCUT2D eigenvalue weighted by molar-refractivity contribution is 5.87. The van der Waals surface area contributed by atoms with Crippen LogP contribution in [-0.2, 0) is 16.1 Å². The van der Waals surface area contributed by atoms with Gasteiger partial charge in [0.05, 0.1) is 21.3 Å². The Morgan fingerprint density at radius 1 is 0.900 bits per heavy atom. The number of carbonyl (C=O) groups is 2. The van der Waals surface area contributed by atoms with Crippen LogP contribution in [-0.4, -0.2) is 57.7 Å². The highest BCUT2D eigenvalue weighted by Gasteiger charge is 2.26. The van der Waals surface area contributed by atoms with Crippen molar-refractivity contribution in [2.75, 3.05) is 35.0 Å². The lowest BCUT2D eigenvalue weighted by atomic mass is 10.1. The molecule has 1 atom stereocenters. The summed E-state index contributed by atoms with van der Waals surface area (Å²) in [6.07, 6.45) is 0. The third-order valence-electron chi connectivity index (χ3n) is 4.61. The monoisotopic (exact) mass is 416 g/mol. The summed E-state index contributed by atoms with van der Waals surface area (Å²) in [5.41, 5.74) is 0.864. The van der Waals surface area contributed by atoms with Gasteiger partial charge in [0.25, 0.3) is 5.91 Å². The molecule has 1 N–H and O–H groups in total. The van der Waals surface area contributed by atoms with E-state index in [1.165, 1.54) is 26.2 Å². The second-order valence-electron chi connectivity index (χ2n) is 6.50. The van der Waals surface area contributed by atoms with Crippen LogP contribution in [0.15, 0.2) is 42.5 Å². The van der Waals surface area contributed by atoms with Gasteiger partial charge in [-0.3, -0.25) is 9.59 Å². The molecule has 0 unspecified atom stereocenters. The molecule has 0 saturated carbocycles. The van der Waals surface area contributed by atoms with Crippen LogP contribution >= 0.6 is 0 Å². The molecule has 0 aliphatic carbocycles. The molecule has 0 bridgehead atoms. The Morgan fingerprint density at radius 2 is 1.43 bits per heavy atom. The molecular weight excluding hydrogens is 388 g/mol. The van der Waals surface area contributed by atoms with E-state index in [4.69, 9.17) is 18.9 Å². The van der Waals surface area contributed by atoms with Crippen LogP contribution < -0.4 is 24.3 Å². The molecule has 0 heterocycles. The molecule has 2 rings (SSSR count). The van der Waals surface area contributed by atoms with Crippen LogP contribution in [0.25, 0.3) is 0 Å². The third-order valence-corrected chi connectivity index (χ3v) is 4.61. The number of likely N-dealkylation sites (N-methyl/N-ethyl adjacent to an activating group) is 1. The topological polar surface area (TPSA) is 86.3 Å². The highest BCUT2D eigenvalue weighted by atomic mass is 16.5. The summed E-state index contributed by atoms with van der Waals surface area (Å²) in [5.74, 6) is 1.64. The van der Waals surface area contributed by atoms with Gasteiger partial charge in [-0.05, 0) is 24.6 Å². The lowest BCUT2D eigenvalue weighted by molar-refractivity contribution is -0.142. The Kier molecular flexibility index (Phi) is 8.34. The summed E-state index contributed by atoms with van der Waals surface area (Å²) in [5, 5.41) is 2.58. The van der Waals surface area contributed by atoms with Crippen molar-refractivity contribution in [2.45, 2.75) is 19.5 Å². The van der Waals surface area contributed by atoms with Gasteiger partial charge in [-0.2, -0.15) is 0 Å². The van der Waals surface area contributed by atoms with E-state index >= 15 is 0 Å². The second-order valence-corrected chi connectivity index (χ2v) is 6.50. The number of ether oxygens (including phenoxy) is 4. The van der Waals surface area contributed by atoms with Gasteiger partial charge >= 0.3 is 0 Å². The first-order valence-electron chi connectivity index (χ1n) is 9.41. The van der Waals surface area contributed by atoms with E-state index in [1.54, 1.807) is 32.2 Å². The minimum atomic E-state index is -0.673.